The van der Waals surface area contributed by atoms with Gasteiger partial charge in [-0.2, -0.15) is 0 Å². The maximum Gasteiger partial charge on any atom is 0.0878 e. The summed E-state index contributed by atoms with van der Waals surface area (Å²) in [6.45, 7) is 10.6. The minimum atomic E-state index is -0.0677. The molecular weight excluding hydrogens is 124 g/mol. The van der Waals surface area contributed by atoms with Crippen molar-refractivity contribution in [1.29, 1.82) is 0 Å². The van der Waals surface area contributed by atoms with Crippen LogP contribution in [-0.2, 0) is 5.11 Å². The van der Waals surface area contributed by atoms with Gasteiger partial charge in [-0.3, -0.25) is 0 Å². The van der Waals surface area contributed by atoms with Crippen molar-refractivity contribution in [3.63, 3.8) is 0 Å². The van der Waals surface area contributed by atoms with Gasteiger partial charge >= 0.3 is 0 Å². The normalized spacial score (nSPS) is 13.8. The lowest BCUT2D eigenvalue weighted by molar-refractivity contribution is 0.000936. The molecule has 0 bridgehead atoms. The zero-order chi connectivity index (χ0) is 8.41. The van der Waals surface area contributed by atoms with Gasteiger partial charge in [-0.05, 0) is 10.8 Å². The van der Waals surface area contributed by atoms with E-state index in [-0.39, 0.29) is 17.4 Å². The molecule has 0 unspecified atom stereocenters. The van der Waals surface area contributed by atoms with Gasteiger partial charge in [0.2, 0.25) is 0 Å². The summed E-state index contributed by atoms with van der Waals surface area (Å²) in [4.78, 5) is 0. The number of hydrogen-bond donors (Lipinski definition) is 0. The quantitative estimate of drug-likeness (QED) is 0.579. The van der Waals surface area contributed by atoms with Crippen molar-refractivity contribution in [1.82, 2.24) is 0 Å². The van der Waals surface area contributed by atoms with Gasteiger partial charge in [-0.1, -0.05) is 41.0 Å². The predicted octanol–water partition coefficient (Wildman–Crippen LogP) is 2.88. The Labute approximate surface area is 64.5 Å². The minimum Gasteiger partial charge on any atom is -0.236 e. The van der Waals surface area contributed by atoms with Crippen LogP contribution >= 0.6 is 0 Å². The zero-order valence-corrected chi connectivity index (χ0v) is 7.82. The Morgan fingerprint density at radius 1 is 1.00 bits per heavy atom. The Morgan fingerprint density at radius 2 is 1.40 bits per heavy atom. The average Bonchev–Trinajstić information content (AvgIpc) is 1.88. The molecule has 1 radical (unpaired) electrons. The zero-order valence-electron chi connectivity index (χ0n) is 7.82. The molecule has 0 fully saturated rings. The summed E-state index contributed by atoms with van der Waals surface area (Å²) < 4.78 is 0. The molecule has 1 heteroatoms. The van der Waals surface area contributed by atoms with Gasteiger partial charge < -0.3 is 0 Å². The van der Waals surface area contributed by atoms with Gasteiger partial charge in [0.25, 0.3) is 0 Å². The molecule has 0 aliphatic carbocycles. The standard InChI is InChI=1S/C9H19O/c1-6-8(2,3)9(4,5)7-10/h6-7H2,1-5H3. The highest BCUT2D eigenvalue weighted by molar-refractivity contribution is 4.83. The number of rotatable bonds is 3. The smallest absolute Gasteiger partial charge is 0.0878 e. The molecule has 0 atom stereocenters. The molecule has 0 spiro atoms. The largest absolute Gasteiger partial charge is 0.236 e. The third kappa shape index (κ3) is 1.72. The van der Waals surface area contributed by atoms with E-state index in [1.54, 1.807) is 0 Å². The molecule has 0 saturated heterocycles. The predicted molar refractivity (Wildman–Crippen MR) is 43.4 cm³/mol. The van der Waals surface area contributed by atoms with Crippen LogP contribution in [0.5, 0.6) is 0 Å². The maximum atomic E-state index is 10.8. The van der Waals surface area contributed by atoms with Crippen molar-refractivity contribution < 1.29 is 5.11 Å². The maximum absolute atomic E-state index is 10.8. The third-order valence-electron chi connectivity index (χ3n) is 3.08. The molecule has 0 saturated carbocycles. The van der Waals surface area contributed by atoms with Gasteiger partial charge in [-0.15, -0.1) is 0 Å². The fourth-order valence-corrected chi connectivity index (χ4v) is 0.674. The van der Waals surface area contributed by atoms with Gasteiger partial charge in [0.15, 0.2) is 0 Å². The van der Waals surface area contributed by atoms with Crippen LogP contribution < -0.4 is 0 Å². The molecule has 10 heavy (non-hydrogen) atoms. The van der Waals surface area contributed by atoms with Crippen LogP contribution in [0.3, 0.4) is 0 Å². The Kier molecular flexibility index (Phi) is 2.90. The fourth-order valence-electron chi connectivity index (χ4n) is 0.674. The minimum absolute atomic E-state index is 0.0217. The molecule has 0 amide bonds. The Morgan fingerprint density at radius 3 is 1.50 bits per heavy atom. The first-order valence-electron chi connectivity index (χ1n) is 3.95. The second-order valence-electron chi connectivity index (χ2n) is 4.27. The van der Waals surface area contributed by atoms with Crippen LogP contribution in [0.25, 0.3) is 0 Å². The lowest BCUT2D eigenvalue weighted by atomic mass is 9.67. The van der Waals surface area contributed by atoms with Gasteiger partial charge in [-0.25, -0.2) is 5.11 Å². The van der Waals surface area contributed by atoms with Crippen LogP contribution in [0.2, 0.25) is 0 Å². The van der Waals surface area contributed by atoms with Crippen LogP contribution in [0, 0.1) is 10.8 Å². The molecule has 61 valence electrons. The Balaban J connectivity index is 4.28. The van der Waals surface area contributed by atoms with E-state index in [1.165, 1.54) is 0 Å². The molecular formula is C9H19O. The van der Waals surface area contributed by atoms with E-state index in [9.17, 15) is 5.11 Å². The first kappa shape index (κ1) is 9.96. The molecule has 0 aromatic carbocycles. The number of hydrogen-bond acceptors (Lipinski definition) is 0. The van der Waals surface area contributed by atoms with Crippen LogP contribution in [0.4, 0.5) is 0 Å². The molecule has 1 nitrogen and oxygen atoms in total. The van der Waals surface area contributed by atoms with E-state index in [4.69, 9.17) is 0 Å². The highest BCUT2D eigenvalue weighted by Crippen LogP contribution is 2.40. The third-order valence-corrected chi connectivity index (χ3v) is 3.08. The monoisotopic (exact) mass is 143 g/mol. The molecule has 0 aliphatic rings. The SMILES string of the molecule is CCC(C)(C)C(C)(C)C[O]. The lowest BCUT2D eigenvalue weighted by Crippen LogP contribution is -2.34. The van der Waals surface area contributed by atoms with E-state index >= 15 is 0 Å². The first-order chi connectivity index (χ1) is 4.37. The second kappa shape index (κ2) is 2.91. The molecule has 0 heterocycles. The summed E-state index contributed by atoms with van der Waals surface area (Å²) >= 11 is 0. The van der Waals surface area contributed by atoms with E-state index in [0.29, 0.717) is 0 Å². The highest BCUT2D eigenvalue weighted by Gasteiger charge is 2.34. The fraction of sp³-hybridized carbons (Fsp3) is 1.00. The van der Waals surface area contributed by atoms with Crippen molar-refractivity contribution >= 4 is 0 Å². The molecule has 0 aliphatic heterocycles. The van der Waals surface area contributed by atoms with E-state index in [0.717, 1.165) is 6.42 Å². The summed E-state index contributed by atoms with van der Waals surface area (Å²) in [5.41, 5.74) is 0.108. The van der Waals surface area contributed by atoms with E-state index in [1.807, 2.05) is 13.8 Å². The first-order valence-corrected chi connectivity index (χ1v) is 3.95. The molecule has 0 rings (SSSR count). The van der Waals surface area contributed by atoms with E-state index in [2.05, 4.69) is 20.8 Å². The highest BCUT2D eigenvalue weighted by atomic mass is 16.3. The van der Waals surface area contributed by atoms with Crippen LogP contribution in [-0.4, -0.2) is 6.61 Å². The van der Waals surface area contributed by atoms with Gasteiger partial charge in [0.05, 0.1) is 6.61 Å². The molecule has 0 aromatic rings. The average molecular weight is 143 g/mol. The summed E-state index contributed by atoms with van der Waals surface area (Å²) in [5.74, 6) is 0. The summed E-state index contributed by atoms with van der Waals surface area (Å²) in [5, 5.41) is 10.8. The lowest BCUT2D eigenvalue weighted by Gasteiger charge is -2.39. The summed E-state index contributed by atoms with van der Waals surface area (Å²) in [6, 6.07) is 0. The van der Waals surface area contributed by atoms with E-state index < -0.39 is 0 Å². The van der Waals surface area contributed by atoms with Gasteiger partial charge in [0.1, 0.15) is 0 Å². The Bertz CT molecular complexity index is 89.3. The topological polar surface area (TPSA) is 19.9 Å². The van der Waals surface area contributed by atoms with Crippen molar-refractivity contribution in [2.45, 2.75) is 41.0 Å². The summed E-state index contributed by atoms with van der Waals surface area (Å²) in [7, 11) is 0. The van der Waals surface area contributed by atoms with Crippen LogP contribution in [0.1, 0.15) is 41.0 Å². The Hall–Kier alpha value is -0.0400. The van der Waals surface area contributed by atoms with Gasteiger partial charge in [0, 0.05) is 0 Å². The van der Waals surface area contributed by atoms with Crippen molar-refractivity contribution in [2.24, 2.45) is 10.8 Å². The van der Waals surface area contributed by atoms with Crippen molar-refractivity contribution in [2.75, 3.05) is 6.61 Å². The van der Waals surface area contributed by atoms with Crippen molar-refractivity contribution in [3.8, 4) is 0 Å². The van der Waals surface area contributed by atoms with Crippen molar-refractivity contribution in [3.05, 3.63) is 0 Å². The summed E-state index contributed by atoms with van der Waals surface area (Å²) in [6.07, 6.45) is 1.07. The second-order valence-corrected chi connectivity index (χ2v) is 4.27. The molecule has 0 N–H and O–H groups in total. The van der Waals surface area contributed by atoms with Crippen LogP contribution in [0.15, 0.2) is 0 Å². The molecule has 0 aromatic heterocycles.